The predicted molar refractivity (Wildman–Crippen MR) is 131 cm³/mol. The van der Waals surface area contributed by atoms with Gasteiger partial charge >= 0.3 is 6.03 Å². The van der Waals surface area contributed by atoms with Crippen LogP contribution in [0.15, 0.2) is 24.3 Å². The summed E-state index contributed by atoms with van der Waals surface area (Å²) in [6.45, 7) is 4.48. The van der Waals surface area contributed by atoms with E-state index in [4.69, 9.17) is 14.2 Å². The molecule has 9 nitrogen and oxygen atoms in total. The second-order valence-electron chi connectivity index (χ2n) is 9.06. The molecular weight excluding hydrogens is 493 g/mol. The fourth-order valence-electron chi connectivity index (χ4n) is 4.24. The van der Waals surface area contributed by atoms with E-state index < -0.39 is 23.9 Å². The van der Waals surface area contributed by atoms with E-state index in [1.165, 1.54) is 17.0 Å². The van der Waals surface area contributed by atoms with Crippen LogP contribution < -0.4 is 15.0 Å². The van der Waals surface area contributed by atoms with Crippen LogP contribution in [-0.2, 0) is 9.47 Å². The second-order valence-corrected chi connectivity index (χ2v) is 9.06. The summed E-state index contributed by atoms with van der Waals surface area (Å²) in [5.74, 6) is -2.83. The standard InChI is InChI=1S/C25H31F3N4O5/c1-16-11-19(26)20(29-24(34)32-5-9-36-21(15-32)25(2,27)28)14-18(16)17-12-22(31-3-7-35-8-4-31)30-23(13-17)37-10-6-33/h11-14,21,33H,3-10,15H2,1-2H3,(H,29,34)/t21-/m1/s1. The van der Waals surface area contributed by atoms with Crippen LogP contribution in [0.25, 0.3) is 11.1 Å². The van der Waals surface area contributed by atoms with Gasteiger partial charge in [0, 0.05) is 32.6 Å². The quantitative estimate of drug-likeness (QED) is 0.574. The van der Waals surface area contributed by atoms with Crippen molar-refractivity contribution in [1.29, 1.82) is 0 Å². The number of alkyl halides is 2. The maximum atomic E-state index is 14.9. The number of ether oxygens (including phenoxy) is 3. The lowest BCUT2D eigenvalue weighted by Gasteiger charge is -2.35. The van der Waals surface area contributed by atoms with Crippen LogP contribution in [0.3, 0.4) is 0 Å². The molecule has 2 aromatic rings. The van der Waals surface area contributed by atoms with Gasteiger partial charge in [-0.3, -0.25) is 0 Å². The highest BCUT2D eigenvalue weighted by Crippen LogP contribution is 2.33. The molecule has 1 aromatic heterocycles. The van der Waals surface area contributed by atoms with Crippen molar-refractivity contribution in [2.45, 2.75) is 25.9 Å². The number of nitrogens with zero attached hydrogens (tertiary/aromatic N) is 3. The summed E-state index contributed by atoms with van der Waals surface area (Å²) in [6, 6.07) is 5.64. The van der Waals surface area contributed by atoms with Gasteiger partial charge in [-0.25, -0.2) is 18.0 Å². The predicted octanol–water partition coefficient (Wildman–Crippen LogP) is 3.29. The number of amides is 2. The van der Waals surface area contributed by atoms with E-state index in [-0.39, 0.29) is 38.6 Å². The molecule has 1 atom stereocenters. The van der Waals surface area contributed by atoms with Gasteiger partial charge in [-0.2, -0.15) is 4.98 Å². The Morgan fingerprint density at radius 2 is 1.97 bits per heavy atom. The van der Waals surface area contributed by atoms with Gasteiger partial charge in [0.15, 0.2) is 0 Å². The van der Waals surface area contributed by atoms with Crippen LogP contribution >= 0.6 is 0 Å². The molecule has 2 amide bonds. The zero-order valence-electron chi connectivity index (χ0n) is 20.8. The number of carbonyl (C=O) groups excluding carboxylic acids is 1. The zero-order chi connectivity index (χ0) is 26.6. The second kappa shape index (κ2) is 11.5. The summed E-state index contributed by atoms with van der Waals surface area (Å²) in [6.07, 6.45) is -1.43. The molecule has 2 aliphatic heterocycles. The molecule has 202 valence electrons. The van der Waals surface area contributed by atoms with Crippen LogP contribution in [0.1, 0.15) is 12.5 Å². The van der Waals surface area contributed by atoms with Crippen molar-refractivity contribution in [2.75, 3.05) is 69.4 Å². The number of halogens is 3. The zero-order valence-corrected chi connectivity index (χ0v) is 20.8. The summed E-state index contributed by atoms with van der Waals surface area (Å²) < 4.78 is 58.4. The van der Waals surface area contributed by atoms with Gasteiger partial charge in [-0.1, -0.05) is 0 Å². The van der Waals surface area contributed by atoms with Crippen molar-refractivity contribution >= 4 is 17.5 Å². The Bertz CT molecular complexity index is 1110. The van der Waals surface area contributed by atoms with E-state index in [1.54, 1.807) is 13.0 Å². The minimum atomic E-state index is -3.11. The lowest BCUT2D eigenvalue weighted by molar-refractivity contribution is -0.149. The molecule has 0 aliphatic carbocycles. The maximum Gasteiger partial charge on any atom is 0.322 e. The first-order valence-corrected chi connectivity index (χ1v) is 12.1. The molecule has 3 heterocycles. The molecule has 12 heteroatoms. The van der Waals surface area contributed by atoms with E-state index >= 15 is 0 Å². The number of carbonyl (C=O) groups is 1. The molecule has 37 heavy (non-hydrogen) atoms. The number of aromatic nitrogens is 1. The Labute approximate surface area is 213 Å². The van der Waals surface area contributed by atoms with Gasteiger partial charge < -0.3 is 34.4 Å². The van der Waals surface area contributed by atoms with Crippen LogP contribution in [0, 0.1) is 12.7 Å². The molecule has 0 spiro atoms. The Balaban J connectivity index is 1.62. The van der Waals surface area contributed by atoms with Gasteiger partial charge in [-0.05, 0) is 41.8 Å². The van der Waals surface area contributed by atoms with E-state index in [2.05, 4.69) is 10.3 Å². The largest absolute Gasteiger partial charge is 0.475 e. The smallest absolute Gasteiger partial charge is 0.322 e. The average Bonchev–Trinajstić information content (AvgIpc) is 2.89. The van der Waals surface area contributed by atoms with Crippen molar-refractivity contribution in [2.24, 2.45) is 0 Å². The molecular formula is C25H31F3N4O5. The fourth-order valence-corrected chi connectivity index (χ4v) is 4.24. The summed E-state index contributed by atoms with van der Waals surface area (Å²) in [5, 5.41) is 11.7. The Morgan fingerprint density at radius 3 is 2.68 bits per heavy atom. The van der Waals surface area contributed by atoms with Crippen LogP contribution in [0.4, 0.5) is 29.5 Å². The number of nitrogens with one attached hydrogen (secondary N) is 1. The van der Waals surface area contributed by atoms with Crippen LogP contribution in [0.5, 0.6) is 5.88 Å². The molecule has 0 bridgehead atoms. The average molecular weight is 525 g/mol. The highest BCUT2D eigenvalue weighted by Gasteiger charge is 2.39. The number of aryl methyl sites for hydroxylation is 1. The Hall–Kier alpha value is -3.09. The minimum Gasteiger partial charge on any atom is -0.475 e. The van der Waals surface area contributed by atoms with Gasteiger partial charge in [0.2, 0.25) is 5.88 Å². The third kappa shape index (κ3) is 6.62. The fraction of sp³-hybridized carbons (Fsp3) is 0.520. The number of hydrogen-bond donors (Lipinski definition) is 2. The van der Waals surface area contributed by atoms with Crippen molar-refractivity contribution in [3.8, 4) is 17.0 Å². The number of aliphatic hydroxyl groups is 1. The van der Waals surface area contributed by atoms with Crippen LogP contribution in [-0.4, -0.2) is 92.3 Å². The molecule has 0 saturated carbocycles. The SMILES string of the molecule is Cc1cc(F)c(NC(=O)N2CCO[C@@H](C(C)(F)F)C2)cc1-c1cc(OCCO)nc(N2CCOCC2)c1. The number of pyridine rings is 1. The number of morpholine rings is 2. The van der Waals surface area contributed by atoms with Gasteiger partial charge in [-0.15, -0.1) is 0 Å². The van der Waals surface area contributed by atoms with Crippen molar-refractivity contribution in [3.05, 3.63) is 35.6 Å². The highest BCUT2D eigenvalue weighted by molar-refractivity contribution is 5.91. The summed E-state index contributed by atoms with van der Waals surface area (Å²) in [4.78, 5) is 20.6. The van der Waals surface area contributed by atoms with E-state index in [1.807, 2.05) is 11.0 Å². The number of rotatable bonds is 7. The summed E-state index contributed by atoms with van der Waals surface area (Å²) in [5.41, 5.74) is 1.83. The summed E-state index contributed by atoms with van der Waals surface area (Å²) in [7, 11) is 0. The van der Waals surface area contributed by atoms with Crippen LogP contribution in [0.2, 0.25) is 0 Å². The van der Waals surface area contributed by atoms with Crippen molar-refractivity contribution < 1.29 is 37.3 Å². The lowest BCUT2D eigenvalue weighted by atomic mass is 10.00. The van der Waals surface area contributed by atoms with E-state index in [9.17, 15) is 23.1 Å². The monoisotopic (exact) mass is 524 g/mol. The van der Waals surface area contributed by atoms with Gasteiger partial charge in [0.1, 0.15) is 24.3 Å². The molecule has 2 saturated heterocycles. The Kier molecular flexibility index (Phi) is 8.40. The lowest BCUT2D eigenvalue weighted by Crippen LogP contribution is -2.52. The minimum absolute atomic E-state index is 0.0406. The first kappa shape index (κ1) is 27.0. The number of hydrogen-bond acceptors (Lipinski definition) is 7. The number of urea groups is 1. The van der Waals surface area contributed by atoms with Gasteiger partial charge in [0.05, 0.1) is 38.7 Å². The normalized spacial score (nSPS) is 18.6. The van der Waals surface area contributed by atoms with Crippen molar-refractivity contribution in [3.63, 3.8) is 0 Å². The number of anilines is 2. The third-order valence-corrected chi connectivity index (χ3v) is 6.25. The summed E-state index contributed by atoms with van der Waals surface area (Å²) >= 11 is 0. The molecule has 0 unspecified atom stereocenters. The Morgan fingerprint density at radius 1 is 1.22 bits per heavy atom. The van der Waals surface area contributed by atoms with E-state index in [0.29, 0.717) is 54.7 Å². The number of benzene rings is 1. The maximum absolute atomic E-state index is 14.9. The van der Waals surface area contributed by atoms with E-state index in [0.717, 1.165) is 6.92 Å². The molecule has 0 radical (unpaired) electrons. The molecule has 4 rings (SSSR count). The molecule has 2 fully saturated rings. The highest BCUT2D eigenvalue weighted by atomic mass is 19.3. The first-order valence-electron chi connectivity index (χ1n) is 12.1. The van der Waals surface area contributed by atoms with Crippen molar-refractivity contribution in [1.82, 2.24) is 9.88 Å². The topological polar surface area (TPSA) is 96.4 Å². The first-order chi connectivity index (χ1) is 17.7. The molecule has 1 aromatic carbocycles. The number of aliphatic hydroxyl groups excluding tert-OH is 1. The third-order valence-electron chi connectivity index (χ3n) is 6.25. The molecule has 2 N–H and O–H groups in total. The van der Waals surface area contributed by atoms with Gasteiger partial charge in [0.25, 0.3) is 5.92 Å². The molecule has 2 aliphatic rings.